The molecule has 0 atom stereocenters. The van der Waals surface area contributed by atoms with Crippen LogP contribution in [-0.4, -0.2) is 28.9 Å². The average Bonchev–Trinajstić information content (AvgIpc) is 2.87. The molecule has 1 aliphatic rings. The zero-order chi connectivity index (χ0) is 9.42. The first-order chi connectivity index (χ1) is 6.18. The van der Waals surface area contributed by atoms with E-state index in [0.717, 1.165) is 12.8 Å². The highest BCUT2D eigenvalue weighted by Gasteiger charge is 2.31. The van der Waals surface area contributed by atoms with Gasteiger partial charge in [-0.05, 0) is 12.8 Å². The lowest BCUT2D eigenvalue weighted by Gasteiger charge is -2.13. The second-order valence-corrected chi connectivity index (χ2v) is 3.40. The van der Waals surface area contributed by atoms with E-state index in [4.69, 9.17) is 4.42 Å². The van der Waals surface area contributed by atoms with Crippen LogP contribution in [0.4, 0.5) is 0 Å². The molecule has 0 radical (unpaired) electrons. The number of carbonyl (C=O) groups is 1. The topological polar surface area (TPSA) is 46.3 Å². The number of carbonyl (C=O) groups excluding carboxylic acids is 1. The molecule has 13 heavy (non-hydrogen) atoms. The zero-order valence-corrected chi connectivity index (χ0v) is 7.78. The number of amides is 1. The third-order valence-electron chi connectivity index (χ3n) is 2.25. The molecule has 4 heteroatoms. The molecule has 0 spiro atoms. The highest BCUT2D eigenvalue weighted by molar-refractivity contribution is 5.92. The smallest absolute Gasteiger partial charge is 0.275 e. The van der Waals surface area contributed by atoms with Crippen molar-refractivity contribution in [2.45, 2.75) is 25.8 Å². The van der Waals surface area contributed by atoms with Gasteiger partial charge in [-0.1, -0.05) is 0 Å². The van der Waals surface area contributed by atoms with Crippen molar-refractivity contribution in [1.82, 2.24) is 9.88 Å². The Morgan fingerprint density at radius 2 is 2.38 bits per heavy atom. The van der Waals surface area contributed by atoms with E-state index in [1.807, 2.05) is 7.05 Å². The van der Waals surface area contributed by atoms with E-state index in [2.05, 4.69) is 4.98 Å². The van der Waals surface area contributed by atoms with Crippen molar-refractivity contribution < 1.29 is 9.21 Å². The first-order valence-electron chi connectivity index (χ1n) is 4.38. The van der Waals surface area contributed by atoms with Crippen LogP contribution >= 0.6 is 0 Å². The summed E-state index contributed by atoms with van der Waals surface area (Å²) in [5, 5.41) is 0. The number of oxazole rings is 1. The molecule has 0 unspecified atom stereocenters. The molecule has 0 N–H and O–H groups in total. The van der Waals surface area contributed by atoms with E-state index in [9.17, 15) is 4.79 Å². The second kappa shape index (κ2) is 2.87. The fourth-order valence-electron chi connectivity index (χ4n) is 1.27. The summed E-state index contributed by atoms with van der Waals surface area (Å²) in [5.74, 6) is 0.492. The van der Waals surface area contributed by atoms with Crippen molar-refractivity contribution >= 4 is 5.91 Å². The number of hydrogen-bond donors (Lipinski definition) is 0. The van der Waals surface area contributed by atoms with E-state index in [1.54, 1.807) is 11.8 Å². The molecule has 1 fully saturated rings. The summed E-state index contributed by atoms with van der Waals surface area (Å²) in [4.78, 5) is 17.4. The van der Waals surface area contributed by atoms with Crippen LogP contribution in [0.25, 0.3) is 0 Å². The molecule has 70 valence electrons. The lowest BCUT2D eigenvalue weighted by molar-refractivity contribution is 0.0779. The molecule has 0 bridgehead atoms. The van der Waals surface area contributed by atoms with Gasteiger partial charge in [-0.3, -0.25) is 4.79 Å². The molecule has 0 aliphatic heterocycles. The van der Waals surface area contributed by atoms with Gasteiger partial charge < -0.3 is 9.32 Å². The van der Waals surface area contributed by atoms with E-state index in [-0.39, 0.29) is 5.91 Å². The Morgan fingerprint density at radius 1 is 1.69 bits per heavy atom. The molecular formula is C9H12N2O2. The number of aryl methyl sites for hydroxylation is 1. The highest BCUT2D eigenvalue weighted by Crippen LogP contribution is 2.26. The van der Waals surface area contributed by atoms with Crippen LogP contribution in [0.3, 0.4) is 0 Å². The molecule has 1 amide bonds. The van der Waals surface area contributed by atoms with Crippen molar-refractivity contribution in [1.29, 1.82) is 0 Å². The summed E-state index contributed by atoms with van der Waals surface area (Å²) in [6, 6.07) is 0.421. The number of aromatic nitrogens is 1. The molecular weight excluding hydrogens is 168 g/mol. The van der Waals surface area contributed by atoms with Gasteiger partial charge in [-0.25, -0.2) is 4.98 Å². The summed E-state index contributed by atoms with van der Waals surface area (Å²) < 4.78 is 4.98. The zero-order valence-electron chi connectivity index (χ0n) is 7.78. The number of rotatable bonds is 2. The van der Waals surface area contributed by atoms with Crippen molar-refractivity contribution in [3.63, 3.8) is 0 Å². The van der Waals surface area contributed by atoms with Crippen LogP contribution in [-0.2, 0) is 0 Å². The maximum Gasteiger partial charge on any atom is 0.275 e. The molecule has 0 saturated heterocycles. The van der Waals surface area contributed by atoms with Crippen LogP contribution in [0.15, 0.2) is 10.7 Å². The molecule has 1 aliphatic carbocycles. The molecule has 1 aromatic rings. The first kappa shape index (κ1) is 8.29. The lowest BCUT2D eigenvalue weighted by atomic mass is 10.4. The van der Waals surface area contributed by atoms with Gasteiger partial charge in [0.25, 0.3) is 5.91 Å². The van der Waals surface area contributed by atoms with Crippen molar-refractivity contribution in [2.75, 3.05) is 7.05 Å². The van der Waals surface area contributed by atoms with Gasteiger partial charge >= 0.3 is 0 Å². The fourth-order valence-corrected chi connectivity index (χ4v) is 1.27. The monoisotopic (exact) mass is 180 g/mol. The van der Waals surface area contributed by atoms with Gasteiger partial charge in [-0.2, -0.15) is 0 Å². The van der Waals surface area contributed by atoms with Crippen LogP contribution in [0, 0.1) is 6.92 Å². The third-order valence-corrected chi connectivity index (χ3v) is 2.25. The van der Waals surface area contributed by atoms with Gasteiger partial charge in [-0.15, -0.1) is 0 Å². The minimum atomic E-state index is -0.0423. The SMILES string of the molecule is Cc1nc(C(=O)N(C)C2CC2)co1. The number of hydrogen-bond acceptors (Lipinski definition) is 3. The van der Waals surface area contributed by atoms with Gasteiger partial charge in [0.05, 0.1) is 0 Å². The van der Waals surface area contributed by atoms with Crippen molar-refractivity contribution in [3.8, 4) is 0 Å². The van der Waals surface area contributed by atoms with Crippen LogP contribution in [0.1, 0.15) is 29.2 Å². The summed E-state index contributed by atoms with van der Waals surface area (Å²) in [7, 11) is 1.81. The maximum absolute atomic E-state index is 11.6. The van der Waals surface area contributed by atoms with Gasteiger partial charge in [0.1, 0.15) is 6.26 Å². The standard InChI is InChI=1S/C9H12N2O2/c1-6-10-8(5-13-6)9(12)11(2)7-3-4-7/h5,7H,3-4H2,1-2H3. The molecule has 1 saturated carbocycles. The Hall–Kier alpha value is -1.32. The predicted molar refractivity (Wildman–Crippen MR) is 46.4 cm³/mol. The average molecular weight is 180 g/mol. The summed E-state index contributed by atoms with van der Waals surface area (Å²) in [6.45, 7) is 1.73. The van der Waals surface area contributed by atoms with Gasteiger partial charge in [0, 0.05) is 20.0 Å². The number of nitrogens with zero attached hydrogens (tertiary/aromatic N) is 2. The summed E-state index contributed by atoms with van der Waals surface area (Å²) in [5.41, 5.74) is 0.409. The quantitative estimate of drug-likeness (QED) is 0.687. The van der Waals surface area contributed by atoms with Crippen LogP contribution in [0.5, 0.6) is 0 Å². The molecule has 2 rings (SSSR count). The van der Waals surface area contributed by atoms with E-state index < -0.39 is 0 Å². The minimum Gasteiger partial charge on any atom is -0.448 e. The van der Waals surface area contributed by atoms with Gasteiger partial charge in [0.15, 0.2) is 11.6 Å². The summed E-state index contributed by atoms with van der Waals surface area (Å²) >= 11 is 0. The summed E-state index contributed by atoms with van der Waals surface area (Å²) in [6.07, 6.45) is 3.63. The third kappa shape index (κ3) is 1.56. The van der Waals surface area contributed by atoms with E-state index in [1.165, 1.54) is 6.26 Å². The Balaban J connectivity index is 2.11. The van der Waals surface area contributed by atoms with Crippen molar-refractivity contribution in [3.05, 3.63) is 17.8 Å². The Labute approximate surface area is 76.6 Å². The van der Waals surface area contributed by atoms with E-state index in [0.29, 0.717) is 17.6 Å². The highest BCUT2D eigenvalue weighted by atomic mass is 16.3. The van der Waals surface area contributed by atoms with Crippen LogP contribution < -0.4 is 0 Å². The fraction of sp³-hybridized carbons (Fsp3) is 0.556. The molecule has 1 heterocycles. The Bertz CT molecular complexity index is 328. The molecule has 0 aromatic carbocycles. The van der Waals surface area contributed by atoms with Gasteiger partial charge in [0.2, 0.25) is 0 Å². The minimum absolute atomic E-state index is 0.0423. The largest absolute Gasteiger partial charge is 0.448 e. The Kier molecular flexibility index (Phi) is 1.83. The lowest BCUT2D eigenvalue weighted by Crippen LogP contribution is -2.28. The molecule has 1 aromatic heterocycles. The Morgan fingerprint density at radius 3 is 2.85 bits per heavy atom. The normalized spacial score (nSPS) is 15.8. The predicted octanol–water partition coefficient (Wildman–Crippen LogP) is 1.22. The second-order valence-electron chi connectivity index (χ2n) is 3.40. The van der Waals surface area contributed by atoms with E-state index >= 15 is 0 Å². The maximum atomic E-state index is 11.6. The molecule has 4 nitrogen and oxygen atoms in total. The first-order valence-corrected chi connectivity index (χ1v) is 4.38. The van der Waals surface area contributed by atoms with Crippen molar-refractivity contribution in [2.24, 2.45) is 0 Å². The van der Waals surface area contributed by atoms with Crippen LogP contribution in [0.2, 0.25) is 0 Å².